The first-order chi connectivity index (χ1) is 12.6. The zero-order valence-electron chi connectivity index (χ0n) is 15.5. The number of ether oxygens (including phenoxy) is 2. The van der Waals surface area contributed by atoms with Crippen molar-refractivity contribution in [1.29, 1.82) is 0 Å². The summed E-state index contributed by atoms with van der Waals surface area (Å²) in [5.41, 5.74) is 0.588. The molecule has 0 N–H and O–H groups in total. The molecular weight excluding hydrogens is 335 g/mol. The van der Waals surface area contributed by atoms with Crippen molar-refractivity contribution in [2.75, 3.05) is 33.9 Å². The van der Waals surface area contributed by atoms with E-state index in [9.17, 15) is 9.18 Å². The van der Waals surface area contributed by atoms with Crippen molar-refractivity contribution < 1.29 is 18.7 Å². The van der Waals surface area contributed by atoms with E-state index >= 15 is 0 Å². The van der Waals surface area contributed by atoms with E-state index in [4.69, 9.17) is 9.47 Å². The van der Waals surface area contributed by atoms with Crippen LogP contribution < -0.4 is 9.47 Å². The molecule has 4 aliphatic rings. The number of halogens is 1. The molecule has 0 unspecified atom stereocenters. The Bertz CT molecular complexity index is 692. The van der Waals surface area contributed by atoms with Crippen LogP contribution >= 0.6 is 0 Å². The van der Waals surface area contributed by atoms with Crippen molar-refractivity contribution in [3.8, 4) is 11.5 Å². The normalized spacial score (nSPS) is 26.1. The van der Waals surface area contributed by atoms with Gasteiger partial charge in [0.25, 0.3) is 0 Å². The molecule has 0 spiro atoms. The molecule has 5 rings (SSSR count). The fourth-order valence-electron chi connectivity index (χ4n) is 4.34. The van der Waals surface area contributed by atoms with Crippen molar-refractivity contribution in [1.82, 2.24) is 9.80 Å². The van der Waals surface area contributed by atoms with Gasteiger partial charge >= 0.3 is 0 Å². The molecule has 5 nitrogen and oxygen atoms in total. The van der Waals surface area contributed by atoms with Gasteiger partial charge in [0.2, 0.25) is 5.91 Å². The lowest BCUT2D eigenvalue weighted by Crippen LogP contribution is -2.48. The number of fused-ring (bicyclic) bond motifs is 4. The number of carbonyl (C=O) groups excluding carboxylic acids is 1. The maximum atomic E-state index is 14.5. The van der Waals surface area contributed by atoms with E-state index in [0.29, 0.717) is 42.0 Å². The first-order valence-corrected chi connectivity index (χ1v) is 9.52. The third-order valence-corrected chi connectivity index (χ3v) is 5.97. The predicted molar refractivity (Wildman–Crippen MR) is 95.7 cm³/mol. The van der Waals surface area contributed by atoms with Gasteiger partial charge in [0.1, 0.15) is 5.82 Å². The van der Waals surface area contributed by atoms with Gasteiger partial charge in [-0.15, -0.1) is 0 Å². The maximum absolute atomic E-state index is 14.5. The quantitative estimate of drug-likeness (QED) is 0.780. The van der Waals surface area contributed by atoms with Gasteiger partial charge in [-0.25, -0.2) is 4.39 Å². The van der Waals surface area contributed by atoms with Crippen molar-refractivity contribution >= 4 is 5.91 Å². The van der Waals surface area contributed by atoms with Crippen molar-refractivity contribution in [3.63, 3.8) is 0 Å². The Labute approximate surface area is 154 Å². The second kappa shape index (κ2) is 7.06. The van der Waals surface area contributed by atoms with Crippen LogP contribution in [-0.2, 0) is 11.3 Å². The molecule has 1 aromatic carbocycles. The molecule has 142 valence electrons. The number of rotatable bonds is 6. The minimum atomic E-state index is -0.291. The summed E-state index contributed by atoms with van der Waals surface area (Å²) in [7, 11) is 3.06. The molecule has 0 radical (unpaired) electrons. The Balaban J connectivity index is 1.51. The highest BCUT2D eigenvalue weighted by atomic mass is 19.1. The number of hydrogen-bond donors (Lipinski definition) is 0. The summed E-state index contributed by atoms with van der Waals surface area (Å²) >= 11 is 0. The molecule has 26 heavy (non-hydrogen) atoms. The van der Waals surface area contributed by atoms with Crippen LogP contribution in [0.25, 0.3) is 0 Å². The molecular formula is C20H27FN2O3. The number of methoxy groups -OCH3 is 2. The Morgan fingerprint density at radius 1 is 1.08 bits per heavy atom. The van der Waals surface area contributed by atoms with E-state index in [0.717, 1.165) is 25.9 Å². The minimum absolute atomic E-state index is 0.0516. The predicted octanol–water partition coefficient (Wildman–Crippen LogP) is 2.68. The van der Waals surface area contributed by atoms with E-state index in [-0.39, 0.29) is 17.8 Å². The maximum Gasteiger partial charge on any atom is 0.227 e. The first kappa shape index (κ1) is 17.6. The molecule has 3 saturated heterocycles. The standard InChI is InChI=1S/C20H27FN2O3/c1-25-18-7-15(17(21)8-19(18)26-2)11-22-10-14-5-6-16(12-22)23(20(14)24)9-13-3-4-13/h7-8,13-14,16H,3-6,9-12H2,1-2H3/t14-,16+/m0/s1. The van der Waals surface area contributed by atoms with Gasteiger partial charge in [0, 0.05) is 43.9 Å². The molecule has 6 heteroatoms. The monoisotopic (exact) mass is 362 g/mol. The third kappa shape index (κ3) is 3.39. The number of piperidine rings is 1. The number of hydrogen-bond acceptors (Lipinski definition) is 4. The van der Waals surface area contributed by atoms with E-state index in [1.165, 1.54) is 26.0 Å². The average Bonchev–Trinajstić information content (AvgIpc) is 3.47. The van der Waals surface area contributed by atoms with Crippen LogP contribution in [-0.4, -0.2) is 55.6 Å². The lowest BCUT2D eigenvalue weighted by atomic mass is 9.94. The molecule has 3 aliphatic heterocycles. The van der Waals surface area contributed by atoms with Gasteiger partial charge in [-0.1, -0.05) is 0 Å². The van der Waals surface area contributed by atoms with E-state index in [1.807, 2.05) is 0 Å². The topological polar surface area (TPSA) is 42.0 Å². The van der Waals surface area contributed by atoms with E-state index in [2.05, 4.69) is 9.80 Å². The number of amides is 1. The van der Waals surface area contributed by atoms with Crippen molar-refractivity contribution in [2.24, 2.45) is 11.8 Å². The SMILES string of the molecule is COc1cc(F)c(CN2C[C@@H]3CC[C@H](C2)N(CC2CC2)C3=O)cc1OC. The highest BCUT2D eigenvalue weighted by Gasteiger charge is 2.42. The fraction of sp³-hybridized carbons (Fsp3) is 0.650. The van der Waals surface area contributed by atoms with Crippen LogP contribution in [0.5, 0.6) is 11.5 Å². The first-order valence-electron chi connectivity index (χ1n) is 9.52. The largest absolute Gasteiger partial charge is 0.493 e. The summed E-state index contributed by atoms with van der Waals surface area (Å²) in [6.45, 7) is 2.94. The van der Waals surface area contributed by atoms with Gasteiger partial charge < -0.3 is 14.4 Å². The lowest BCUT2D eigenvalue weighted by molar-refractivity contribution is -0.140. The van der Waals surface area contributed by atoms with Crippen molar-refractivity contribution in [3.05, 3.63) is 23.5 Å². The van der Waals surface area contributed by atoms with Crippen LogP contribution in [0.4, 0.5) is 4.39 Å². The van der Waals surface area contributed by atoms with Gasteiger partial charge in [-0.05, 0) is 37.7 Å². The number of benzene rings is 1. The summed E-state index contributed by atoms with van der Waals surface area (Å²) in [6, 6.07) is 3.36. The van der Waals surface area contributed by atoms with Crippen LogP contribution in [0, 0.1) is 17.7 Å². The van der Waals surface area contributed by atoms with Crippen LogP contribution in [0.1, 0.15) is 31.2 Å². The summed E-state index contributed by atoms with van der Waals surface area (Å²) in [5, 5.41) is 0. The highest BCUT2D eigenvalue weighted by Crippen LogP contribution is 2.36. The summed E-state index contributed by atoms with van der Waals surface area (Å²) in [5.74, 6) is 1.71. The van der Waals surface area contributed by atoms with Crippen LogP contribution in [0.2, 0.25) is 0 Å². The van der Waals surface area contributed by atoms with Crippen molar-refractivity contribution in [2.45, 2.75) is 38.3 Å². The van der Waals surface area contributed by atoms with Gasteiger partial charge in [0.05, 0.1) is 20.1 Å². The van der Waals surface area contributed by atoms with Gasteiger partial charge in [-0.2, -0.15) is 0 Å². The molecule has 0 aromatic heterocycles. The zero-order chi connectivity index (χ0) is 18.3. The van der Waals surface area contributed by atoms with Gasteiger partial charge in [0.15, 0.2) is 11.5 Å². The Hall–Kier alpha value is -1.82. The van der Waals surface area contributed by atoms with Gasteiger partial charge in [-0.3, -0.25) is 9.69 Å². The molecule has 4 fully saturated rings. The molecule has 1 saturated carbocycles. The summed E-state index contributed by atoms with van der Waals surface area (Å²) in [6.07, 6.45) is 4.52. The molecule has 3 heterocycles. The van der Waals surface area contributed by atoms with E-state index in [1.54, 1.807) is 13.2 Å². The number of nitrogens with zero attached hydrogens (tertiary/aromatic N) is 2. The second-order valence-corrected chi connectivity index (χ2v) is 7.85. The molecule has 2 atom stereocenters. The van der Waals surface area contributed by atoms with E-state index < -0.39 is 0 Å². The highest BCUT2D eigenvalue weighted by molar-refractivity contribution is 5.80. The molecule has 2 bridgehead atoms. The van der Waals surface area contributed by atoms with Crippen LogP contribution in [0.15, 0.2) is 12.1 Å². The number of carbonyl (C=O) groups is 1. The Morgan fingerprint density at radius 3 is 2.50 bits per heavy atom. The Morgan fingerprint density at radius 2 is 1.81 bits per heavy atom. The molecule has 1 aromatic rings. The minimum Gasteiger partial charge on any atom is -0.493 e. The summed E-state index contributed by atoms with van der Waals surface area (Å²) < 4.78 is 25.0. The average molecular weight is 362 g/mol. The molecule has 1 aliphatic carbocycles. The fourth-order valence-corrected chi connectivity index (χ4v) is 4.34. The zero-order valence-corrected chi connectivity index (χ0v) is 15.5. The van der Waals surface area contributed by atoms with Crippen LogP contribution in [0.3, 0.4) is 0 Å². The smallest absolute Gasteiger partial charge is 0.227 e. The Kier molecular flexibility index (Phi) is 4.78. The summed E-state index contributed by atoms with van der Waals surface area (Å²) in [4.78, 5) is 17.2. The lowest BCUT2D eigenvalue weighted by Gasteiger charge is -2.36. The second-order valence-electron chi connectivity index (χ2n) is 7.85. The third-order valence-electron chi connectivity index (χ3n) is 5.97. The molecule has 1 amide bonds.